The Kier molecular flexibility index (Phi) is 3.77. The number of rotatable bonds is 1. The number of hydrogen-bond acceptors (Lipinski definition) is 0. The van der Waals surface area contributed by atoms with Gasteiger partial charge in [0.15, 0.2) is 0 Å². The number of hydrogen-bond donors (Lipinski definition) is 0. The Hall–Kier alpha value is 0.813. The number of halogens is 2. The van der Waals surface area contributed by atoms with Crippen molar-refractivity contribution in [1.82, 2.24) is 0 Å². The van der Waals surface area contributed by atoms with Gasteiger partial charge in [-0.3, -0.25) is 0 Å². The van der Waals surface area contributed by atoms with Crippen molar-refractivity contribution in [2.75, 3.05) is 0 Å². The van der Waals surface area contributed by atoms with Gasteiger partial charge in [0.05, 0.1) is 0 Å². The molecule has 0 saturated carbocycles. The minimum absolute atomic E-state index is 0.0342. The number of allylic oxidation sites excluding steroid dienone is 4. The minimum atomic E-state index is -2.16. The second-order valence-corrected chi connectivity index (χ2v) is 11.9. The van der Waals surface area contributed by atoms with Gasteiger partial charge in [-0.05, 0) is 0 Å². The maximum absolute atomic E-state index is 5.96. The molecule has 0 aromatic rings. The third kappa shape index (κ3) is 2.43. The van der Waals surface area contributed by atoms with Crippen molar-refractivity contribution in [2.24, 2.45) is 5.41 Å². The molecule has 72 valence electrons. The molecule has 1 aliphatic carbocycles. The topological polar surface area (TPSA) is 0 Å². The first-order chi connectivity index (χ1) is 5.87. The molecule has 1 atom stereocenters. The van der Waals surface area contributed by atoms with Gasteiger partial charge >= 0.3 is 95.5 Å². The van der Waals surface area contributed by atoms with Crippen LogP contribution in [0.25, 0.3) is 0 Å². The molecule has 0 aromatic heterocycles. The van der Waals surface area contributed by atoms with Gasteiger partial charge in [0.1, 0.15) is 0 Å². The van der Waals surface area contributed by atoms with Gasteiger partial charge in [0.2, 0.25) is 0 Å². The van der Waals surface area contributed by atoms with Crippen molar-refractivity contribution in [3.63, 3.8) is 0 Å². The van der Waals surface area contributed by atoms with Crippen molar-refractivity contribution in [3.8, 4) is 0 Å². The zero-order chi connectivity index (χ0) is 10.2. The van der Waals surface area contributed by atoms with Gasteiger partial charge in [0.25, 0.3) is 0 Å². The summed E-state index contributed by atoms with van der Waals surface area (Å²) in [7, 11) is 11.9. The molecule has 0 amide bonds. The van der Waals surface area contributed by atoms with Crippen molar-refractivity contribution >= 4 is 20.7 Å². The molecule has 0 nitrogen and oxygen atoms in total. The van der Waals surface area contributed by atoms with Crippen LogP contribution in [0.4, 0.5) is 0 Å². The second-order valence-electron chi connectivity index (χ2n) is 3.79. The summed E-state index contributed by atoms with van der Waals surface area (Å²) in [6, 6.07) is 0. The molecule has 0 aromatic carbocycles. The van der Waals surface area contributed by atoms with Gasteiger partial charge in [-0.2, -0.15) is 0 Å². The summed E-state index contributed by atoms with van der Waals surface area (Å²) >= 11 is -2.16. The Morgan fingerprint density at radius 2 is 1.85 bits per heavy atom. The second kappa shape index (κ2) is 4.13. The average molecular weight is 296 g/mol. The molecule has 0 bridgehead atoms. The summed E-state index contributed by atoms with van der Waals surface area (Å²) in [5.41, 5.74) is 4.17. The van der Waals surface area contributed by atoms with E-state index in [0.29, 0.717) is 0 Å². The molecule has 0 aliphatic heterocycles. The monoisotopic (exact) mass is 294 g/mol. The van der Waals surface area contributed by atoms with Crippen LogP contribution in [0.5, 0.6) is 0 Å². The van der Waals surface area contributed by atoms with Gasteiger partial charge in [-0.15, -0.1) is 0 Å². The zero-order valence-corrected chi connectivity index (χ0v) is 12.4. The quantitative estimate of drug-likeness (QED) is 0.685. The molecule has 3 heteroatoms. The molecule has 1 unspecified atom stereocenters. The van der Waals surface area contributed by atoms with Crippen LogP contribution in [0.15, 0.2) is 22.8 Å². The van der Waals surface area contributed by atoms with E-state index in [-0.39, 0.29) is 5.41 Å². The van der Waals surface area contributed by atoms with E-state index in [1.165, 1.54) is 16.7 Å². The van der Waals surface area contributed by atoms with Crippen LogP contribution in [0.3, 0.4) is 0 Å². The molecular formula is C10H14Cl2Zr. The first kappa shape index (κ1) is 11.9. The predicted molar refractivity (Wildman–Crippen MR) is 58.0 cm³/mol. The van der Waals surface area contributed by atoms with Crippen LogP contribution in [0.2, 0.25) is 0 Å². The van der Waals surface area contributed by atoms with Gasteiger partial charge in [0, 0.05) is 0 Å². The van der Waals surface area contributed by atoms with Crippen molar-refractivity contribution in [3.05, 3.63) is 22.8 Å². The Morgan fingerprint density at radius 3 is 2.15 bits per heavy atom. The van der Waals surface area contributed by atoms with E-state index in [9.17, 15) is 0 Å². The predicted octanol–water partition coefficient (Wildman–Crippen LogP) is 4.02. The van der Waals surface area contributed by atoms with E-state index in [1.807, 2.05) is 0 Å². The summed E-state index contributed by atoms with van der Waals surface area (Å²) < 4.78 is 2.16. The molecule has 0 fully saturated rings. The summed E-state index contributed by atoms with van der Waals surface area (Å²) in [4.78, 5) is 0. The van der Waals surface area contributed by atoms with Crippen LogP contribution >= 0.6 is 17.0 Å². The van der Waals surface area contributed by atoms with E-state index < -0.39 is 18.9 Å². The normalized spacial score (nSPS) is 27.7. The van der Waals surface area contributed by atoms with Crippen LogP contribution in [-0.4, -0.2) is 3.71 Å². The third-order valence-electron chi connectivity index (χ3n) is 2.89. The van der Waals surface area contributed by atoms with Crippen molar-refractivity contribution in [1.29, 1.82) is 0 Å². The molecule has 13 heavy (non-hydrogen) atoms. The van der Waals surface area contributed by atoms with E-state index in [2.05, 4.69) is 37.5 Å². The van der Waals surface area contributed by atoms with Crippen LogP contribution in [-0.2, 0) is 18.9 Å². The van der Waals surface area contributed by atoms with E-state index in [1.54, 1.807) is 0 Å². The molecule has 1 rings (SSSR count). The summed E-state index contributed by atoms with van der Waals surface area (Å²) in [6.45, 7) is 8.65. The fourth-order valence-electron chi connectivity index (χ4n) is 1.74. The third-order valence-corrected chi connectivity index (χ3v) is 6.19. The molecule has 0 spiro atoms. The van der Waals surface area contributed by atoms with Crippen molar-refractivity contribution < 1.29 is 18.9 Å². The van der Waals surface area contributed by atoms with Gasteiger partial charge < -0.3 is 0 Å². The SMILES string of the molecule is CC1=CC(C)([CH]=[Zr]([Cl])[Cl])C(C)=C1C. The van der Waals surface area contributed by atoms with Crippen molar-refractivity contribution in [2.45, 2.75) is 27.7 Å². The first-order valence-electron chi connectivity index (χ1n) is 4.28. The molecule has 0 saturated heterocycles. The molecule has 1 aliphatic rings. The molecular weight excluding hydrogens is 282 g/mol. The van der Waals surface area contributed by atoms with E-state index in [4.69, 9.17) is 17.0 Å². The van der Waals surface area contributed by atoms with Crippen LogP contribution in [0, 0.1) is 5.41 Å². The van der Waals surface area contributed by atoms with E-state index >= 15 is 0 Å². The van der Waals surface area contributed by atoms with Gasteiger partial charge in [-0.1, -0.05) is 0 Å². The Bertz CT molecular complexity index is 318. The summed E-state index contributed by atoms with van der Waals surface area (Å²) in [5, 5.41) is 0. The maximum atomic E-state index is 5.96. The fraction of sp³-hybridized carbons (Fsp3) is 0.500. The Labute approximate surface area is 94.9 Å². The Balaban J connectivity index is 3.17. The summed E-state index contributed by atoms with van der Waals surface area (Å²) in [6.07, 6.45) is 2.27. The standard InChI is InChI=1S/C10H14.2ClH.Zr/c1-7-6-10(4,5)9(3)8(7)2;;;/h4,6H,1-3,5H3;2*1H;/q;;;+2/p-2. The first-order valence-corrected chi connectivity index (χ1v) is 12.0. The van der Waals surface area contributed by atoms with E-state index in [0.717, 1.165) is 0 Å². The average Bonchev–Trinajstić information content (AvgIpc) is 2.14. The zero-order valence-electron chi connectivity index (χ0n) is 8.41. The molecule has 0 heterocycles. The van der Waals surface area contributed by atoms with Crippen LogP contribution < -0.4 is 0 Å². The molecule has 0 N–H and O–H groups in total. The fourth-order valence-corrected chi connectivity index (χ4v) is 6.28. The summed E-state index contributed by atoms with van der Waals surface area (Å²) in [5.74, 6) is 0. The van der Waals surface area contributed by atoms with Gasteiger partial charge in [-0.25, -0.2) is 0 Å². The van der Waals surface area contributed by atoms with Crippen LogP contribution in [0.1, 0.15) is 27.7 Å². The molecule has 0 radical (unpaired) electrons. The Morgan fingerprint density at radius 1 is 1.31 bits per heavy atom.